The monoisotopic (exact) mass is 835 g/mol. The number of hydrogen-bond acceptors (Lipinski definition) is 1. The number of hydrogen-bond donors (Lipinski definition) is 0. The average Bonchev–Trinajstić information content (AvgIpc) is 4.13. The van der Waals surface area contributed by atoms with Crippen LogP contribution in [0, 0.1) is 0 Å². The lowest BCUT2D eigenvalue weighted by atomic mass is 10.0. The molecule has 2 saturated carbocycles. The largest absolute Gasteiger partial charge is 0.369 e. The second kappa shape index (κ2) is 31.2. The highest BCUT2D eigenvalue weighted by Crippen LogP contribution is 2.55. The first-order valence-corrected chi connectivity index (χ1v) is 25.3. The van der Waals surface area contributed by atoms with E-state index in [2.05, 4.69) is 144 Å². The molecule has 1 heteroatoms. The highest BCUT2D eigenvalue weighted by molar-refractivity contribution is 5.11. The van der Waals surface area contributed by atoms with Crippen LogP contribution in [0.2, 0.25) is 0 Å². The molecular formula is C60H98O. The third kappa shape index (κ3) is 29.4. The predicted octanol–water partition coefficient (Wildman–Crippen LogP) is 20.2. The Labute approximate surface area is 380 Å². The summed E-state index contributed by atoms with van der Waals surface area (Å²) < 4.78 is 6.98. The molecule has 2 fully saturated rings. The first-order chi connectivity index (χ1) is 29.1. The Kier molecular flexibility index (Phi) is 27.9. The number of ether oxygens (including phenoxy) is 1. The van der Waals surface area contributed by atoms with E-state index in [9.17, 15) is 0 Å². The van der Waals surface area contributed by atoms with E-state index in [0.717, 1.165) is 25.7 Å². The predicted molar refractivity (Wildman–Crippen MR) is 276 cm³/mol. The van der Waals surface area contributed by atoms with E-state index in [1.807, 2.05) is 0 Å². The van der Waals surface area contributed by atoms with E-state index in [-0.39, 0.29) is 11.2 Å². The zero-order valence-corrected chi connectivity index (χ0v) is 42.6. The van der Waals surface area contributed by atoms with E-state index in [0.29, 0.717) is 0 Å². The van der Waals surface area contributed by atoms with Crippen molar-refractivity contribution >= 4 is 0 Å². The fourth-order valence-corrected chi connectivity index (χ4v) is 8.42. The molecule has 0 aromatic heterocycles. The Balaban J connectivity index is 1.56. The smallest absolute Gasteiger partial charge is 0.0692 e. The quantitative estimate of drug-likeness (QED) is 0.0464. The van der Waals surface area contributed by atoms with Crippen molar-refractivity contribution in [1.82, 2.24) is 0 Å². The van der Waals surface area contributed by atoms with Gasteiger partial charge in [-0.3, -0.25) is 0 Å². The van der Waals surface area contributed by atoms with Crippen molar-refractivity contribution in [1.29, 1.82) is 0 Å². The Morgan fingerprint density at radius 3 is 0.738 bits per heavy atom. The molecule has 2 aliphatic carbocycles. The van der Waals surface area contributed by atoms with Crippen LogP contribution in [0.3, 0.4) is 0 Å². The van der Waals surface area contributed by atoms with Crippen LogP contribution in [0.1, 0.15) is 250 Å². The summed E-state index contributed by atoms with van der Waals surface area (Å²) in [6.07, 6.45) is 55.8. The van der Waals surface area contributed by atoms with E-state index < -0.39 is 0 Å². The van der Waals surface area contributed by atoms with E-state index in [1.54, 1.807) is 22.3 Å². The number of allylic oxidation sites excluding steroid dienone is 20. The fraction of sp³-hybridized carbons (Fsp3) is 0.667. The van der Waals surface area contributed by atoms with Crippen molar-refractivity contribution in [3.8, 4) is 0 Å². The van der Waals surface area contributed by atoms with Gasteiger partial charge < -0.3 is 4.74 Å². The highest BCUT2D eigenvalue weighted by Gasteiger charge is 2.54. The molecule has 2 aliphatic rings. The molecule has 0 unspecified atom stereocenters. The maximum Gasteiger partial charge on any atom is 0.0692 e. The minimum absolute atomic E-state index is 0.203. The van der Waals surface area contributed by atoms with Gasteiger partial charge in [0, 0.05) is 0 Å². The van der Waals surface area contributed by atoms with Crippen molar-refractivity contribution in [2.75, 3.05) is 0 Å². The van der Waals surface area contributed by atoms with Crippen molar-refractivity contribution in [2.45, 2.75) is 261 Å². The first-order valence-electron chi connectivity index (χ1n) is 25.3. The minimum atomic E-state index is 0.203. The second-order valence-electron chi connectivity index (χ2n) is 20.5. The Morgan fingerprint density at radius 1 is 0.295 bits per heavy atom. The summed E-state index contributed by atoms with van der Waals surface area (Å²) in [5.74, 6) is 0. The van der Waals surface area contributed by atoms with Gasteiger partial charge in [-0.25, -0.2) is 0 Å². The lowest BCUT2D eigenvalue weighted by Crippen LogP contribution is -2.25. The summed E-state index contributed by atoms with van der Waals surface area (Å²) in [6.45, 7) is 27.2. The van der Waals surface area contributed by atoms with Crippen LogP contribution in [0.5, 0.6) is 0 Å². The summed E-state index contributed by atoms with van der Waals surface area (Å²) in [5, 5.41) is 0. The molecule has 0 spiro atoms. The van der Waals surface area contributed by atoms with E-state index in [1.165, 1.54) is 175 Å². The highest BCUT2D eigenvalue weighted by atomic mass is 16.5. The van der Waals surface area contributed by atoms with Crippen molar-refractivity contribution in [3.63, 3.8) is 0 Å². The van der Waals surface area contributed by atoms with Crippen molar-refractivity contribution in [3.05, 3.63) is 116 Å². The summed E-state index contributed by atoms with van der Waals surface area (Å²) in [7, 11) is 0. The van der Waals surface area contributed by atoms with Crippen LogP contribution in [0.4, 0.5) is 0 Å². The third-order valence-corrected chi connectivity index (χ3v) is 13.1. The molecule has 0 N–H and O–H groups in total. The lowest BCUT2D eigenvalue weighted by Gasteiger charge is -2.25. The van der Waals surface area contributed by atoms with Crippen LogP contribution < -0.4 is 0 Å². The molecule has 0 bridgehead atoms. The summed E-state index contributed by atoms with van der Waals surface area (Å²) >= 11 is 0. The van der Waals surface area contributed by atoms with Crippen LogP contribution in [0.25, 0.3) is 0 Å². The van der Waals surface area contributed by atoms with Crippen LogP contribution >= 0.6 is 0 Å². The number of rotatable bonds is 34. The molecule has 1 nitrogen and oxygen atoms in total. The minimum Gasteiger partial charge on any atom is -0.369 e. The number of unbranched alkanes of at least 4 members (excludes halogenated alkanes) is 2. The zero-order valence-electron chi connectivity index (χ0n) is 42.6. The molecule has 0 heterocycles. The molecule has 0 radical (unpaired) electrons. The van der Waals surface area contributed by atoms with Gasteiger partial charge in [0.15, 0.2) is 0 Å². The van der Waals surface area contributed by atoms with Gasteiger partial charge in [-0.1, -0.05) is 116 Å². The Morgan fingerprint density at radius 2 is 0.508 bits per heavy atom. The van der Waals surface area contributed by atoms with Gasteiger partial charge in [0.05, 0.1) is 11.2 Å². The Bertz CT molecular complexity index is 1450. The molecule has 344 valence electrons. The normalized spacial score (nSPS) is 17.5. The molecule has 0 saturated heterocycles. The molecule has 0 amide bonds. The van der Waals surface area contributed by atoms with Crippen molar-refractivity contribution < 1.29 is 4.74 Å². The maximum absolute atomic E-state index is 6.98. The summed E-state index contributed by atoms with van der Waals surface area (Å²) in [4.78, 5) is 0. The van der Waals surface area contributed by atoms with E-state index in [4.69, 9.17) is 4.74 Å². The Hall–Kier alpha value is -2.64. The molecule has 0 atom stereocenters. The third-order valence-electron chi connectivity index (χ3n) is 13.1. The fourth-order valence-electron chi connectivity index (χ4n) is 8.42. The van der Waals surface area contributed by atoms with Gasteiger partial charge >= 0.3 is 0 Å². The van der Waals surface area contributed by atoms with Crippen LogP contribution in [-0.4, -0.2) is 11.2 Å². The first kappa shape index (κ1) is 54.5. The van der Waals surface area contributed by atoms with Gasteiger partial charge in [0.25, 0.3) is 0 Å². The van der Waals surface area contributed by atoms with Crippen LogP contribution in [-0.2, 0) is 4.74 Å². The maximum atomic E-state index is 6.98. The summed E-state index contributed by atoms with van der Waals surface area (Å²) in [6, 6.07) is 0. The summed E-state index contributed by atoms with van der Waals surface area (Å²) in [5.41, 5.74) is 15.6. The standard InChI is InChI=1S/C60H98O/c1-49(2)25-17-31-55(9)37-19-33-51(5)27-13-15-29-53(7)35-21-39-57(11)41-23-43-59(45-46-59)61-60(47-48-60)44-24-42-58(12)40-22-36-54(8)30-16-14-28-52(6)34-20-38-56(10)32-18-26-50(3)4/h25-30,37-40H,13-24,31-36,41-48H2,1-12H3. The molecule has 0 aliphatic heterocycles. The molecular weight excluding hydrogens is 737 g/mol. The molecule has 0 aromatic carbocycles. The second-order valence-corrected chi connectivity index (χ2v) is 20.5. The lowest BCUT2D eigenvalue weighted by molar-refractivity contribution is -0.0572. The molecule has 61 heavy (non-hydrogen) atoms. The zero-order chi connectivity index (χ0) is 44.9. The average molecular weight is 835 g/mol. The van der Waals surface area contributed by atoms with Gasteiger partial charge in [-0.15, -0.1) is 0 Å². The van der Waals surface area contributed by atoms with Gasteiger partial charge in [0.1, 0.15) is 0 Å². The molecule has 0 aromatic rings. The van der Waals surface area contributed by atoms with Crippen LogP contribution in [0.15, 0.2) is 116 Å². The molecule has 2 rings (SSSR count). The van der Waals surface area contributed by atoms with E-state index >= 15 is 0 Å². The van der Waals surface area contributed by atoms with Gasteiger partial charge in [0.2, 0.25) is 0 Å². The van der Waals surface area contributed by atoms with Crippen molar-refractivity contribution in [2.24, 2.45) is 0 Å². The van der Waals surface area contributed by atoms with Gasteiger partial charge in [-0.2, -0.15) is 0 Å². The van der Waals surface area contributed by atoms with Gasteiger partial charge in [-0.05, 0) is 250 Å². The topological polar surface area (TPSA) is 9.23 Å². The SMILES string of the molecule is CC(C)=CCCC(C)=CCCC(C)=CCCC=C(C)CCC=C(C)CCCC1(OC2(CCCC(C)=CCCC(C)=CCCC=C(C)CCC=C(C)CCC=C(C)C)CC2)CC1.